The van der Waals surface area contributed by atoms with Gasteiger partial charge in [0.15, 0.2) is 5.96 Å². The van der Waals surface area contributed by atoms with Crippen LogP contribution in [-0.4, -0.2) is 114 Å². The normalized spacial score (nSPS) is 21.6. The molecule has 18 heteroatoms. The van der Waals surface area contributed by atoms with Gasteiger partial charge >= 0.3 is 0 Å². The fraction of sp³-hybridized carbons (Fsp3) is 0.450. The minimum Gasteiger partial charge on any atom is -0.370 e. The topological polar surface area (TPSA) is 273 Å². The highest BCUT2D eigenvalue weighted by atomic mass is 16.2. The summed E-state index contributed by atoms with van der Waals surface area (Å²) in [5, 5.41) is 27.3. The molecule has 3 heterocycles. The third kappa shape index (κ3) is 12.0. The minimum atomic E-state index is -1.15. The second-order valence-electron chi connectivity index (χ2n) is 14.6. The van der Waals surface area contributed by atoms with Gasteiger partial charge < -0.3 is 52.8 Å². The minimum absolute atomic E-state index is 0.0582. The number of aromatic amines is 1. The Balaban J connectivity index is 1.42. The molecule has 310 valence electrons. The van der Waals surface area contributed by atoms with Gasteiger partial charge in [-0.2, -0.15) is 0 Å². The number of fused-ring (bicyclic) bond motifs is 2. The number of aromatic nitrogens is 1. The van der Waals surface area contributed by atoms with E-state index in [2.05, 4.69) is 42.2 Å². The molecule has 2 saturated heterocycles. The van der Waals surface area contributed by atoms with E-state index in [1.54, 1.807) is 6.20 Å². The highest BCUT2D eigenvalue weighted by Gasteiger charge is 2.39. The number of hydrogen-bond acceptors (Lipinski definition) is 8. The standard InChI is InChI=1S/C40H53N11O7/c1-24(52)47-31(20-25-10-3-2-4-11-25)37(56)49-30-15-8-17-43-35(54)29(14-7-18-44-40(41)42)48-34(53)23-46-36(55)32(21-26-22-45-28-13-6-5-12-27(26)28)50-38(57)33-16-9-19-51(33)39(30)58/h2-6,10-13,22,29-33,45H,7-9,14-21,23H2,1H3,(H,43,54)(H,46,55)(H,47,52)(H,48,53)(H,49,56)(H,50,57)(H4,41,42,44)/t29-,30-,31-,32+,33-/m0/s1. The molecular weight excluding hydrogens is 747 g/mol. The second kappa shape index (κ2) is 20.6. The van der Waals surface area contributed by atoms with Crippen LogP contribution in [0.4, 0.5) is 0 Å². The van der Waals surface area contributed by atoms with Crippen LogP contribution in [0.2, 0.25) is 0 Å². The van der Waals surface area contributed by atoms with E-state index in [9.17, 15) is 33.6 Å². The molecule has 18 nitrogen and oxygen atoms in total. The monoisotopic (exact) mass is 799 g/mol. The first kappa shape index (κ1) is 42.7. The van der Waals surface area contributed by atoms with E-state index in [1.807, 2.05) is 54.6 Å². The number of para-hydroxylation sites is 1. The van der Waals surface area contributed by atoms with E-state index in [1.165, 1.54) is 11.8 Å². The molecule has 0 aliphatic carbocycles. The molecule has 2 aliphatic rings. The lowest BCUT2D eigenvalue weighted by atomic mass is 10.0. The molecule has 2 aromatic carbocycles. The lowest BCUT2D eigenvalue weighted by Gasteiger charge is -2.31. The number of guanidine groups is 1. The van der Waals surface area contributed by atoms with Gasteiger partial charge in [-0.3, -0.25) is 39.0 Å². The highest BCUT2D eigenvalue weighted by molar-refractivity contribution is 5.97. The average molecular weight is 800 g/mol. The molecule has 5 rings (SSSR count). The second-order valence-corrected chi connectivity index (χ2v) is 14.6. The van der Waals surface area contributed by atoms with Gasteiger partial charge in [0.2, 0.25) is 41.4 Å². The predicted molar refractivity (Wildman–Crippen MR) is 215 cm³/mol. The summed E-state index contributed by atoms with van der Waals surface area (Å²) < 4.78 is 0. The number of rotatable bonds is 11. The molecule has 0 unspecified atom stereocenters. The van der Waals surface area contributed by atoms with Gasteiger partial charge in [0.25, 0.3) is 0 Å². The van der Waals surface area contributed by atoms with Gasteiger partial charge in [-0.05, 0) is 55.7 Å². The van der Waals surface area contributed by atoms with E-state index < -0.39 is 78.1 Å². The van der Waals surface area contributed by atoms with Gasteiger partial charge in [-0.15, -0.1) is 0 Å². The maximum Gasteiger partial charge on any atom is 0.245 e. The van der Waals surface area contributed by atoms with Crippen molar-refractivity contribution in [1.29, 1.82) is 5.41 Å². The molecule has 1 aromatic heterocycles. The lowest BCUT2D eigenvalue weighted by molar-refractivity contribution is -0.142. The van der Waals surface area contributed by atoms with Crippen LogP contribution < -0.4 is 43.0 Å². The zero-order chi connectivity index (χ0) is 41.6. The first-order valence-corrected chi connectivity index (χ1v) is 19.6. The summed E-state index contributed by atoms with van der Waals surface area (Å²) in [6, 6.07) is 11.3. The lowest BCUT2D eigenvalue weighted by Crippen LogP contribution is -2.59. The summed E-state index contributed by atoms with van der Waals surface area (Å²) >= 11 is 0. The summed E-state index contributed by atoms with van der Waals surface area (Å²) in [6.07, 6.45) is 3.60. The van der Waals surface area contributed by atoms with Crippen molar-refractivity contribution in [3.8, 4) is 0 Å². The van der Waals surface area contributed by atoms with Crippen molar-refractivity contribution in [2.24, 2.45) is 5.73 Å². The number of nitrogens with one attached hydrogen (secondary N) is 9. The first-order chi connectivity index (χ1) is 27.9. The van der Waals surface area contributed by atoms with Crippen molar-refractivity contribution in [2.45, 2.75) is 88.5 Å². The Morgan fingerprint density at radius 1 is 0.914 bits per heavy atom. The number of nitrogens with two attached hydrogens (primary N) is 1. The predicted octanol–water partition coefficient (Wildman–Crippen LogP) is -0.807. The Hall–Kier alpha value is -6.46. The molecule has 7 amide bonds. The average Bonchev–Trinajstić information content (AvgIpc) is 3.86. The molecule has 0 radical (unpaired) electrons. The zero-order valence-corrected chi connectivity index (χ0v) is 32.5. The first-order valence-electron chi connectivity index (χ1n) is 19.6. The quantitative estimate of drug-likeness (QED) is 0.0660. The molecule has 3 aromatic rings. The van der Waals surface area contributed by atoms with Crippen molar-refractivity contribution in [2.75, 3.05) is 26.2 Å². The SMILES string of the molecule is CC(=O)N[C@@H](Cc1ccccc1)C(=O)N[C@H]1CCCNC(=O)[C@H](CCCNC(=N)N)NC(=O)CNC(=O)[C@@H](Cc2c[nH]c3ccccc23)NC(=O)[C@@H]2CCCN2C1=O. The van der Waals surface area contributed by atoms with E-state index in [4.69, 9.17) is 11.1 Å². The Morgan fingerprint density at radius 3 is 2.41 bits per heavy atom. The molecule has 2 aliphatic heterocycles. The molecule has 0 bridgehead atoms. The molecule has 11 N–H and O–H groups in total. The smallest absolute Gasteiger partial charge is 0.245 e. The molecule has 58 heavy (non-hydrogen) atoms. The molecule has 5 atom stereocenters. The van der Waals surface area contributed by atoms with E-state index in [0.717, 1.165) is 22.0 Å². The molecule has 0 spiro atoms. The van der Waals surface area contributed by atoms with Crippen LogP contribution in [0.5, 0.6) is 0 Å². The number of hydrogen-bond donors (Lipinski definition) is 10. The zero-order valence-electron chi connectivity index (χ0n) is 32.5. The van der Waals surface area contributed by atoms with Crippen LogP contribution in [0, 0.1) is 5.41 Å². The van der Waals surface area contributed by atoms with E-state index >= 15 is 0 Å². The molecular formula is C40H53N11O7. The van der Waals surface area contributed by atoms with Crippen LogP contribution in [0.15, 0.2) is 60.8 Å². The summed E-state index contributed by atoms with van der Waals surface area (Å²) in [5.74, 6) is -4.13. The third-order valence-electron chi connectivity index (χ3n) is 10.2. The summed E-state index contributed by atoms with van der Waals surface area (Å²) in [7, 11) is 0. The van der Waals surface area contributed by atoms with Crippen molar-refractivity contribution < 1.29 is 33.6 Å². The fourth-order valence-electron chi connectivity index (χ4n) is 7.31. The van der Waals surface area contributed by atoms with Crippen LogP contribution >= 0.6 is 0 Å². The number of carbonyl (C=O) groups excluding carboxylic acids is 7. The molecule has 2 fully saturated rings. The van der Waals surface area contributed by atoms with Crippen LogP contribution in [0.3, 0.4) is 0 Å². The van der Waals surface area contributed by atoms with Gasteiger partial charge in [-0.25, -0.2) is 0 Å². The van der Waals surface area contributed by atoms with Gasteiger partial charge in [0.1, 0.15) is 30.2 Å². The third-order valence-corrected chi connectivity index (χ3v) is 10.2. The maximum atomic E-state index is 14.4. The van der Waals surface area contributed by atoms with Crippen molar-refractivity contribution >= 4 is 58.2 Å². The Labute approximate surface area is 336 Å². The Bertz CT molecular complexity index is 1970. The number of nitrogens with zero attached hydrogens (tertiary/aromatic N) is 1. The van der Waals surface area contributed by atoms with E-state index in [-0.39, 0.29) is 57.7 Å². The largest absolute Gasteiger partial charge is 0.370 e. The van der Waals surface area contributed by atoms with Crippen molar-refractivity contribution in [1.82, 2.24) is 47.1 Å². The van der Waals surface area contributed by atoms with Gasteiger partial charge in [0, 0.05) is 56.5 Å². The number of benzene rings is 2. The maximum absolute atomic E-state index is 14.4. The fourth-order valence-corrected chi connectivity index (χ4v) is 7.31. The summed E-state index contributed by atoms with van der Waals surface area (Å²) in [4.78, 5) is 99.5. The molecule has 0 saturated carbocycles. The Kier molecular flexibility index (Phi) is 15.2. The highest BCUT2D eigenvalue weighted by Crippen LogP contribution is 2.22. The van der Waals surface area contributed by atoms with Gasteiger partial charge in [-0.1, -0.05) is 48.5 Å². The van der Waals surface area contributed by atoms with Gasteiger partial charge in [0.05, 0.1) is 6.54 Å². The summed E-state index contributed by atoms with van der Waals surface area (Å²) in [5.41, 5.74) is 7.75. The van der Waals surface area contributed by atoms with Crippen molar-refractivity contribution in [3.63, 3.8) is 0 Å². The number of amides is 7. The number of carbonyl (C=O) groups is 7. The summed E-state index contributed by atoms with van der Waals surface area (Å²) in [6.45, 7) is 1.38. The van der Waals surface area contributed by atoms with Crippen LogP contribution in [0.25, 0.3) is 10.9 Å². The Morgan fingerprint density at radius 2 is 1.66 bits per heavy atom. The van der Waals surface area contributed by atoms with E-state index in [0.29, 0.717) is 19.3 Å². The van der Waals surface area contributed by atoms with Crippen LogP contribution in [-0.2, 0) is 46.4 Å². The number of H-pyrrole nitrogens is 1. The van der Waals surface area contributed by atoms with Crippen molar-refractivity contribution in [3.05, 3.63) is 71.9 Å². The van der Waals surface area contributed by atoms with Crippen LogP contribution in [0.1, 0.15) is 56.6 Å².